The lowest BCUT2D eigenvalue weighted by Gasteiger charge is -2.32. The topological polar surface area (TPSA) is 64.4 Å². The number of imidazole rings is 1. The molecule has 7 heteroatoms. The van der Waals surface area contributed by atoms with Gasteiger partial charge in [0.2, 0.25) is 0 Å². The number of aromatic nitrogens is 2. The number of ether oxygens (including phenoxy) is 1. The second-order valence-electron chi connectivity index (χ2n) is 4.82. The molecule has 0 aromatic carbocycles. The lowest BCUT2D eigenvalue weighted by molar-refractivity contribution is 0.0593. The van der Waals surface area contributed by atoms with E-state index >= 15 is 0 Å². The van der Waals surface area contributed by atoms with Crippen LogP contribution >= 0.6 is 12.2 Å². The van der Waals surface area contributed by atoms with Crippen molar-refractivity contribution in [2.45, 2.75) is 6.42 Å². The summed E-state index contributed by atoms with van der Waals surface area (Å²) in [5, 5.41) is 0. The highest BCUT2D eigenvalue weighted by Crippen LogP contribution is 2.08. The Balaban J connectivity index is 1.96. The zero-order valence-corrected chi connectivity index (χ0v) is 12.2. The molecule has 1 aromatic rings. The summed E-state index contributed by atoms with van der Waals surface area (Å²) in [6.45, 7) is 5.23. The molecule has 1 aromatic heterocycles. The van der Waals surface area contributed by atoms with Gasteiger partial charge in [-0.2, -0.15) is 0 Å². The average Bonchev–Trinajstić information content (AvgIpc) is 2.78. The summed E-state index contributed by atoms with van der Waals surface area (Å²) in [6.07, 6.45) is 0.765. The molecule has 0 spiro atoms. The lowest BCUT2D eigenvalue weighted by Crippen LogP contribution is -2.45. The van der Waals surface area contributed by atoms with Crippen molar-refractivity contribution in [1.29, 1.82) is 0 Å². The van der Waals surface area contributed by atoms with Crippen LogP contribution in [0.3, 0.4) is 0 Å². The molecule has 0 unspecified atom stereocenters. The Labute approximate surface area is 117 Å². The maximum absolute atomic E-state index is 11.6. The number of hydrogen-bond acceptors (Lipinski definition) is 5. The summed E-state index contributed by atoms with van der Waals surface area (Å²) < 4.78 is 5.21. The smallest absolute Gasteiger partial charge is 0.356 e. The molecule has 0 aliphatic carbocycles. The van der Waals surface area contributed by atoms with Crippen molar-refractivity contribution in [1.82, 2.24) is 19.8 Å². The van der Waals surface area contributed by atoms with Crippen molar-refractivity contribution in [3.8, 4) is 0 Å². The molecule has 0 radical (unpaired) electrons. The molecule has 0 bridgehead atoms. The van der Waals surface area contributed by atoms with E-state index in [0.717, 1.165) is 44.8 Å². The minimum absolute atomic E-state index is 0.374. The SMILES string of the molecule is COC(=O)c1[nH]c(=S)[nH]c1CCN1CCN(C)CC1. The van der Waals surface area contributed by atoms with E-state index in [2.05, 4.69) is 26.8 Å². The number of esters is 1. The maximum Gasteiger partial charge on any atom is 0.356 e. The molecule has 106 valence electrons. The third-order valence-corrected chi connectivity index (χ3v) is 3.67. The number of aromatic amines is 2. The molecule has 19 heavy (non-hydrogen) atoms. The molecule has 2 rings (SSSR count). The van der Waals surface area contributed by atoms with Gasteiger partial charge in [0.25, 0.3) is 0 Å². The van der Waals surface area contributed by atoms with Gasteiger partial charge in [-0.15, -0.1) is 0 Å². The fourth-order valence-electron chi connectivity index (χ4n) is 2.22. The normalized spacial score (nSPS) is 17.6. The summed E-state index contributed by atoms with van der Waals surface area (Å²) in [4.78, 5) is 22.2. The fraction of sp³-hybridized carbons (Fsp3) is 0.667. The van der Waals surface area contributed by atoms with Gasteiger partial charge in [-0.25, -0.2) is 4.79 Å². The predicted molar refractivity (Wildman–Crippen MR) is 75.0 cm³/mol. The minimum Gasteiger partial charge on any atom is -0.464 e. The number of likely N-dealkylation sites (N-methyl/N-ethyl adjacent to an activating group) is 1. The van der Waals surface area contributed by atoms with E-state index in [4.69, 9.17) is 17.0 Å². The Morgan fingerprint density at radius 1 is 1.32 bits per heavy atom. The van der Waals surface area contributed by atoms with Gasteiger partial charge < -0.3 is 24.5 Å². The van der Waals surface area contributed by atoms with Crippen molar-refractivity contribution in [2.75, 3.05) is 46.9 Å². The third kappa shape index (κ3) is 3.65. The van der Waals surface area contributed by atoms with E-state index < -0.39 is 0 Å². The van der Waals surface area contributed by atoms with E-state index in [0.29, 0.717) is 10.5 Å². The molecular formula is C12H20N4O2S. The molecule has 1 aliphatic heterocycles. The Bertz CT molecular complexity index is 488. The van der Waals surface area contributed by atoms with E-state index in [9.17, 15) is 4.79 Å². The molecule has 0 amide bonds. The highest BCUT2D eigenvalue weighted by Gasteiger charge is 2.17. The van der Waals surface area contributed by atoms with Crippen LogP contribution in [0.5, 0.6) is 0 Å². The van der Waals surface area contributed by atoms with Crippen LogP contribution in [0.1, 0.15) is 16.2 Å². The van der Waals surface area contributed by atoms with E-state index in [1.165, 1.54) is 7.11 Å². The van der Waals surface area contributed by atoms with Gasteiger partial charge in [-0.05, 0) is 19.3 Å². The zero-order valence-electron chi connectivity index (χ0n) is 11.4. The lowest BCUT2D eigenvalue weighted by atomic mass is 10.2. The molecule has 1 saturated heterocycles. The number of nitrogens with one attached hydrogen (secondary N) is 2. The highest BCUT2D eigenvalue weighted by atomic mass is 32.1. The molecular weight excluding hydrogens is 264 g/mol. The van der Waals surface area contributed by atoms with Gasteiger partial charge in [0, 0.05) is 44.8 Å². The fourth-order valence-corrected chi connectivity index (χ4v) is 2.45. The van der Waals surface area contributed by atoms with E-state index in [1.807, 2.05) is 0 Å². The van der Waals surface area contributed by atoms with E-state index in [1.54, 1.807) is 0 Å². The van der Waals surface area contributed by atoms with Crippen LogP contribution in [0.15, 0.2) is 0 Å². The molecule has 1 fully saturated rings. The summed E-state index contributed by atoms with van der Waals surface area (Å²) in [5.41, 5.74) is 1.28. The van der Waals surface area contributed by atoms with Gasteiger partial charge >= 0.3 is 5.97 Å². The van der Waals surface area contributed by atoms with Gasteiger partial charge in [0.05, 0.1) is 7.11 Å². The van der Waals surface area contributed by atoms with Crippen LogP contribution in [0.25, 0.3) is 0 Å². The molecule has 0 atom stereocenters. The third-order valence-electron chi connectivity index (χ3n) is 3.47. The maximum atomic E-state index is 11.6. The first-order valence-electron chi connectivity index (χ1n) is 6.40. The second kappa shape index (κ2) is 6.31. The first-order chi connectivity index (χ1) is 9.10. The van der Waals surface area contributed by atoms with Crippen LogP contribution in [0.4, 0.5) is 0 Å². The van der Waals surface area contributed by atoms with E-state index in [-0.39, 0.29) is 5.97 Å². The Morgan fingerprint density at radius 2 is 2.00 bits per heavy atom. The Hall–Kier alpha value is -1.18. The number of carbonyl (C=O) groups is 1. The molecule has 6 nitrogen and oxygen atoms in total. The van der Waals surface area contributed by atoms with Crippen LogP contribution in [-0.2, 0) is 11.2 Å². The summed E-state index contributed by atoms with van der Waals surface area (Å²) in [7, 11) is 3.51. The number of rotatable bonds is 4. The van der Waals surface area contributed by atoms with Crippen LogP contribution in [0, 0.1) is 4.77 Å². The first kappa shape index (κ1) is 14.2. The van der Waals surface area contributed by atoms with Gasteiger partial charge in [0.1, 0.15) is 5.69 Å². The number of methoxy groups -OCH3 is 1. The quantitative estimate of drug-likeness (QED) is 0.628. The number of piperazine rings is 1. The summed E-state index contributed by atoms with van der Waals surface area (Å²) in [6, 6.07) is 0. The number of H-pyrrole nitrogens is 2. The Morgan fingerprint density at radius 3 is 2.63 bits per heavy atom. The Kier molecular flexibility index (Phi) is 4.73. The minimum atomic E-state index is -0.374. The number of nitrogens with zero attached hydrogens (tertiary/aromatic N) is 2. The largest absolute Gasteiger partial charge is 0.464 e. The average molecular weight is 284 g/mol. The zero-order chi connectivity index (χ0) is 13.8. The second-order valence-corrected chi connectivity index (χ2v) is 5.23. The van der Waals surface area contributed by atoms with Crippen molar-refractivity contribution in [3.05, 3.63) is 16.2 Å². The van der Waals surface area contributed by atoms with Crippen LogP contribution < -0.4 is 0 Å². The number of carbonyl (C=O) groups excluding carboxylic acids is 1. The molecule has 2 heterocycles. The summed E-state index contributed by atoms with van der Waals surface area (Å²) >= 11 is 5.03. The molecule has 0 saturated carbocycles. The molecule has 2 N–H and O–H groups in total. The van der Waals surface area contributed by atoms with Gasteiger partial charge in [-0.1, -0.05) is 0 Å². The number of hydrogen-bond donors (Lipinski definition) is 2. The monoisotopic (exact) mass is 284 g/mol. The van der Waals surface area contributed by atoms with Crippen molar-refractivity contribution < 1.29 is 9.53 Å². The standard InChI is InChI=1S/C12H20N4O2S/c1-15-5-7-16(8-6-15)4-3-9-10(11(17)18-2)14-12(19)13-9/h3-8H2,1-2H3,(H2,13,14,19). The van der Waals surface area contributed by atoms with Crippen LogP contribution in [0.2, 0.25) is 0 Å². The first-order valence-corrected chi connectivity index (χ1v) is 6.81. The van der Waals surface area contributed by atoms with Crippen molar-refractivity contribution in [3.63, 3.8) is 0 Å². The van der Waals surface area contributed by atoms with Gasteiger partial charge in [0.15, 0.2) is 4.77 Å². The summed E-state index contributed by atoms with van der Waals surface area (Å²) in [5.74, 6) is -0.374. The van der Waals surface area contributed by atoms with Crippen molar-refractivity contribution >= 4 is 18.2 Å². The molecule has 1 aliphatic rings. The highest BCUT2D eigenvalue weighted by molar-refractivity contribution is 7.71. The predicted octanol–water partition coefficient (Wildman–Crippen LogP) is 0.649. The van der Waals surface area contributed by atoms with Crippen LogP contribution in [-0.4, -0.2) is 72.6 Å². The van der Waals surface area contributed by atoms with Crippen molar-refractivity contribution in [2.24, 2.45) is 0 Å². The van der Waals surface area contributed by atoms with Gasteiger partial charge in [-0.3, -0.25) is 0 Å².